The first kappa shape index (κ1) is 15.6. The summed E-state index contributed by atoms with van der Waals surface area (Å²) in [7, 11) is 0. The number of fused-ring (bicyclic) bond motifs is 1. The molecule has 0 spiro atoms. The number of aryl methyl sites for hydroxylation is 4. The zero-order valence-electron chi connectivity index (χ0n) is 14.2. The van der Waals surface area contributed by atoms with Crippen molar-refractivity contribution in [3.05, 3.63) is 59.4 Å². The lowest BCUT2D eigenvalue weighted by molar-refractivity contribution is 0.301. The molecule has 0 saturated heterocycles. The lowest BCUT2D eigenvalue weighted by atomic mass is 10.1. The second kappa shape index (κ2) is 6.86. The number of nitrogens with zero attached hydrogens (tertiary/aromatic N) is 2. The van der Waals surface area contributed by atoms with Crippen LogP contribution in [-0.2, 0) is 6.54 Å². The summed E-state index contributed by atoms with van der Waals surface area (Å²) in [6.07, 6.45) is 2.13. The number of ether oxygens (including phenoxy) is 1. The van der Waals surface area contributed by atoms with Gasteiger partial charge in [0.15, 0.2) is 0 Å². The fourth-order valence-electron chi connectivity index (χ4n) is 2.99. The monoisotopic (exact) mass is 308 g/mol. The molecule has 0 fully saturated rings. The molecule has 0 radical (unpaired) electrons. The number of imidazole rings is 1. The molecule has 3 aromatic rings. The maximum absolute atomic E-state index is 5.90. The predicted molar refractivity (Wildman–Crippen MR) is 95.1 cm³/mol. The van der Waals surface area contributed by atoms with Crippen LogP contribution in [0.3, 0.4) is 0 Å². The van der Waals surface area contributed by atoms with Crippen molar-refractivity contribution in [2.45, 2.75) is 40.2 Å². The Morgan fingerprint density at radius 2 is 1.83 bits per heavy atom. The molecule has 0 aliphatic heterocycles. The first-order valence-corrected chi connectivity index (χ1v) is 8.27. The number of rotatable bonds is 6. The maximum Gasteiger partial charge on any atom is 0.122 e. The van der Waals surface area contributed by atoms with Crippen molar-refractivity contribution >= 4 is 11.0 Å². The smallest absolute Gasteiger partial charge is 0.122 e. The summed E-state index contributed by atoms with van der Waals surface area (Å²) in [5, 5.41) is 0. The van der Waals surface area contributed by atoms with Gasteiger partial charge in [-0.3, -0.25) is 0 Å². The van der Waals surface area contributed by atoms with Gasteiger partial charge in [-0.2, -0.15) is 0 Å². The van der Waals surface area contributed by atoms with Crippen LogP contribution in [0, 0.1) is 20.8 Å². The van der Waals surface area contributed by atoms with Gasteiger partial charge in [0.05, 0.1) is 17.6 Å². The molecule has 2 aromatic carbocycles. The van der Waals surface area contributed by atoms with Crippen LogP contribution in [0.5, 0.6) is 5.75 Å². The molecule has 0 unspecified atom stereocenters. The molecule has 0 atom stereocenters. The van der Waals surface area contributed by atoms with Crippen LogP contribution >= 0.6 is 0 Å². The summed E-state index contributed by atoms with van der Waals surface area (Å²) in [4.78, 5) is 4.61. The third-order valence-corrected chi connectivity index (χ3v) is 4.21. The standard InChI is InChI=1S/C20H24N2O/c1-15-10-11-20(16(2)14-15)23-13-7-6-12-22-17(3)21-18-8-4-5-9-19(18)22/h4-5,8-11,14H,6-7,12-13H2,1-3H3. The molecular formula is C20H24N2O. The average molecular weight is 308 g/mol. The van der Waals surface area contributed by atoms with Gasteiger partial charge in [-0.05, 0) is 57.4 Å². The van der Waals surface area contributed by atoms with Crippen LogP contribution in [-0.4, -0.2) is 16.2 Å². The third kappa shape index (κ3) is 3.55. The number of benzene rings is 2. The molecule has 1 heterocycles. The Morgan fingerprint density at radius 3 is 2.65 bits per heavy atom. The fraction of sp³-hybridized carbons (Fsp3) is 0.350. The summed E-state index contributed by atoms with van der Waals surface area (Å²) >= 11 is 0. The molecule has 3 nitrogen and oxygen atoms in total. The average Bonchev–Trinajstić information content (AvgIpc) is 2.84. The van der Waals surface area contributed by atoms with Crippen molar-refractivity contribution in [3.63, 3.8) is 0 Å². The van der Waals surface area contributed by atoms with E-state index in [1.807, 2.05) is 6.07 Å². The summed E-state index contributed by atoms with van der Waals surface area (Å²) in [5.74, 6) is 2.08. The molecule has 120 valence electrons. The van der Waals surface area contributed by atoms with Gasteiger partial charge in [0, 0.05) is 6.54 Å². The van der Waals surface area contributed by atoms with E-state index in [0.717, 1.165) is 43.1 Å². The number of unbranched alkanes of at least 4 members (excludes halogenated alkanes) is 1. The van der Waals surface area contributed by atoms with E-state index in [1.54, 1.807) is 0 Å². The first-order chi connectivity index (χ1) is 11.1. The topological polar surface area (TPSA) is 27.1 Å². The zero-order chi connectivity index (χ0) is 16.2. The maximum atomic E-state index is 5.90. The Balaban J connectivity index is 1.52. The fourth-order valence-corrected chi connectivity index (χ4v) is 2.99. The van der Waals surface area contributed by atoms with Gasteiger partial charge in [0.25, 0.3) is 0 Å². The second-order valence-corrected chi connectivity index (χ2v) is 6.12. The van der Waals surface area contributed by atoms with Crippen molar-refractivity contribution in [1.29, 1.82) is 0 Å². The van der Waals surface area contributed by atoms with E-state index in [1.165, 1.54) is 16.6 Å². The van der Waals surface area contributed by atoms with E-state index in [9.17, 15) is 0 Å². The Labute approximate surface area is 137 Å². The van der Waals surface area contributed by atoms with Gasteiger partial charge in [-0.25, -0.2) is 4.98 Å². The Bertz CT molecular complexity index is 805. The number of hydrogen-bond acceptors (Lipinski definition) is 2. The molecule has 3 rings (SSSR count). The normalized spacial score (nSPS) is 11.1. The van der Waals surface area contributed by atoms with Crippen molar-refractivity contribution in [2.75, 3.05) is 6.61 Å². The predicted octanol–water partition coefficient (Wildman–Crippen LogP) is 4.82. The van der Waals surface area contributed by atoms with Crippen molar-refractivity contribution in [3.8, 4) is 5.75 Å². The van der Waals surface area contributed by atoms with E-state index >= 15 is 0 Å². The second-order valence-electron chi connectivity index (χ2n) is 6.12. The lowest BCUT2D eigenvalue weighted by Crippen LogP contribution is -2.04. The molecule has 0 aliphatic carbocycles. The molecular weight excluding hydrogens is 284 g/mol. The quantitative estimate of drug-likeness (QED) is 0.610. The number of para-hydroxylation sites is 2. The minimum absolute atomic E-state index is 0.760. The highest BCUT2D eigenvalue weighted by Crippen LogP contribution is 2.19. The van der Waals surface area contributed by atoms with E-state index in [0.29, 0.717) is 0 Å². The van der Waals surface area contributed by atoms with Crippen molar-refractivity contribution in [2.24, 2.45) is 0 Å². The van der Waals surface area contributed by atoms with Gasteiger partial charge in [-0.1, -0.05) is 29.8 Å². The lowest BCUT2D eigenvalue weighted by Gasteiger charge is -2.10. The van der Waals surface area contributed by atoms with E-state index < -0.39 is 0 Å². The Morgan fingerprint density at radius 1 is 1.00 bits per heavy atom. The van der Waals surface area contributed by atoms with Gasteiger partial charge in [-0.15, -0.1) is 0 Å². The summed E-state index contributed by atoms with van der Waals surface area (Å²) in [5.41, 5.74) is 4.79. The number of hydrogen-bond donors (Lipinski definition) is 0. The molecule has 0 saturated carbocycles. The van der Waals surface area contributed by atoms with E-state index in [4.69, 9.17) is 4.74 Å². The van der Waals surface area contributed by atoms with Crippen molar-refractivity contribution in [1.82, 2.24) is 9.55 Å². The highest BCUT2D eigenvalue weighted by molar-refractivity contribution is 5.75. The SMILES string of the molecule is Cc1ccc(OCCCCn2c(C)nc3ccccc32)c(C)c1. The van der Waals surface area contributed by atoms with Crippen LogP contribution in [0.1, 0.15) is 29.8 Å². The Kier molecular flexibility index (Phi) is 4.65. The molecule has 0 bridgehead atoms. The highest BCUT2D eigenvalue weighted by atomic mass is 16.5. The largest absolute Gasteiger partial charge is 0.493 e. The first-order valence-electron chi connectivity index (χ1n) is 8.27. The van der Waals surface area contributed by atoms with Crippen LogP contribution in [0.4, 0.5) is 0 Å². The zero-order valence-corrected chi connectivity index (χ0v) is 14.2. The van der Waals surface area contributed by atoms with Crippen LogP contribution in [0.25, 0.3) is 11.0 Å². The van der Waals surface area contributed by atoms with Crippen LogP contribution in [0.2, 0.25) is 0 Å². The Hall–Kier alpha value is -2.29. The third-order valence-electron chi connectivity index (χ3n) is 4.21. The molecule has 0 aliphatic rings. The van der Waals surface area contributed by atoms with Gasteiger partial charge in [0.1, 0.15) is 11.6 Å². The molecule has 1 aromatic heterocycles. The molecule has 3 heteroatoms. The van der Waals surface area contributed by atoms with Gasteiger partial charge < -0.3 is 9.30 Å². The summed E-state index contributed by atoms with van der Waals surface area (Å²) in [6, 6.07) is 14.7. The minimum atomic E-state index is 0.760. The highest BCUT2D eigenvalue weighted by Gasteiger charge is 2.06. The molecule has 0 N–H and O–H groups in total. The van der Waals surface area contributed by atoms with Crippen molar-refractivity contribution < 1.29 is 4.74 Å². The number of aromatic nitrogens is 2. The van der Waals surface area contributed by atoms with E-state index in [-0.39, 0.29) is 0 Å². The summed E-state index contributed by atoms with van der Waals surface area (Å²) < 4.78 is 8.20. The van der Waals surface area contributed by atoms with E-state index in [2.05, 4.69) is 66.7 Å². The van der Waals surface area contributed by atoms with Crippen LogP contribution in [0.15, 0.2) is 42.5 Å². The molecule has 0 amide bonds. The minimum Gasteiger partial charge on any atom is -0.493 e. The summed E-state index contributed by atoms with van der Waals surface area (Å²) in [6.45, 7) is 8.03. The van der Waals surface area contributed by atoms with Crippen LogP contribution < -0.4 is 4.74 Å². The molecule has 23 heavy (non-hydrogen) atoms. The van der Waals surface area contributed by atoms with Gasteiger partial charge in [0.2, 0.25) is 0 Å². The van der Waals surface area contributed by atoms with Gasteiger partial charge >= 0.3 is 0 Å².